The molecule has 0 unspecified atom stereocenters. The Bertz CT molecular complexity index is 268. The van der Waals surface area contributed by atoms with Crippen LogP contribution in [0.15, 0.2) is 0 Å². The Labute approximate surface area is 99.9 Å². The number of carbonyl (C=O) groups excluding carboxylic acids is 1. The van der Waals surface area contributed by atoms with Crippen LogP contribution >= 0.6 is 0 Å². The Balaban J connectivity index is 1.69. The number of carbonyl (C=O) groups is 1. The minimum atomic E-state index is -2.58. The summed E-state index contributed by atoms with van der Waals surface area (Å²) in [6.45, 7) is 0. The van der Waals surface area contributed by atoms with Gasteiger partial charge < -0.3 is 0 Å². The summed E-state index contributed by atoms with van der Waals surface area (Å²) in [6, 6.07) is 0. The lowest BCUT2D eigenvalue weighted by Crippen LogP contribution is -2.37. The molecule has 0 aromatic rings. The second kappa shape index (κ2) is 5.29. The minimum absolute atomic E-state index is 0.115. The standard InChI is InChI=1S/C12H19F2NO2/c13-12(14)7-5-9(6-8-12)11(16)15-17-10-3-1-2-4-10/h9-10H,1-8H2,(H,15,16). The maximum absolute atomic E-state index is 12.9. The maximum atomic E-state index is 12.9. The lowest BCUT2D eigenvalue weighted by atomic mass is 9.86. The molecular weight excluding hydrogens is 228 g/mol. The van der Waals surface area contributed by atoms with Crippen molar-refractivity contribution in [1.82, 2.24) is 5.48 Å². The van der Waals surface area contributed by atoms with Gasteiger partial charge in [-0.25, -0.2) is 14.3 Å². The third-order valence-electron chi connectivity index (χ3n) is 3.72. The lowest BCUT2D eigenvalue weighted by molar-refractivity contribution is -0.146. The van der Waals surface area contributed by atoms with Gasteiger partial charge in [0, 0.05) is 18.8 Å². The first-order chi connectivity index (χ1) is 8.07. The van der Waals surface area contributed by atoms with Crippen LogP contribution in [-0.4, -0.2) is 17.9 Å². The minimum Gasteiger partial charge on any atom is -0.273 e. The molecule has 1 N–H and O–H groups in total. The third-order valence-corrected chi connectivity index (χ3v) is 3.72. The number of nitrogens with one attached hydrogen (secondary N) is 1. The Kier molecular flexibility index (Phi) is 3.97. The number of hydrogen-bond donors (Lipinski definition) is 1. The number of rotatable bonds is 3. The number of alkyl halides is 2. The van der Waals surface area contributed by atoms with Gasteiger partial charge in [0.05, 0.1) is 6.10 Å². The molecule has 0 radical (unpaired) electrons. The van der Waals surface area contributed by atoms with Gasteiger partial charge in [-0.2, -0.15) is 0 Å². The van der Waals surface area contributed by atoms with Gasteiger partial charge in [-0.15, -0.1) is 0 Å². The van der Waals surface area contributed by atoms with Gasteiger partial charge in [-0.05, 0) is 25.7 Å². The first kappa shape index (κ1) is 12.7. The number of halogens is 2. The van der Waals surface area contributed by atoms with Gasteiger partial charge >= 0.3 is 0 Å². The molecule has 2 saturated carbocycles. The third kappa shape index (κ3) is 3.63. The molecule has 0 atom stereocenters. The molecule has 1 amide bonds. The quantitative estimate of drug-likeness (QED) is 0.779. The molecule has 2 aliphatic carbocycles. The zero-order chi connectivity index (χ0) is 12.3. The highest BCUT2D eigenvalue weighted by Gasteiger charge is 2.37. The molecule has 2 aliphatic rings. The molecule has 2 fully saturated rings. The van der Waals surface area contributed by atoms with E-state index in [2.05, 4.69) is 5.48 Å². The Morgan fingerprint density at radius 1 is 1.12 bits per heavy atom. The van der Waals surface area contributed by atoms with E-state index in [1.807, 2.05) is 0 Å². The molecule has 5 heteroatoms. The first-order valence-electron chi connectivity index (χ1n) is 6.40. The van der Waals surface area contributed by atoms with Gasteiger partial charge in [0.1, 0.15) is 0 Å². The lowest BCUT2D eigenvalue weighted by Gasteiger charge is -2.27. The molecule has 0 heterocycles. The normalized spacial score (nSPS) is 26.0. The smallest absolute Gasteiger partial charge is 0.248 e. The zero-order valence-corrected chi connectivity index (χ0v) is 9.88. The van der Waals surface area contributed by atoms with Crippen LogP contribution < -0.4 is 5.48 Å². The summed E-state index contributed by atoms with van der Waals surface area (Å²) < 4.78 is 25.8. The number of hydrogen-bond acceptors (Lipinski definition) is 2. The van der Waals surface area contributed by atoms with Crippen LogP contribution in [-0.2, 0) is 9.63 Å². The fourth-order valence-corrected chi connectivity index (χ4v) is 2.53. The molecule has 0 aromatic heterocycles. The molecule has 0 aromatic carbocycles. The molecule has 0 bridgehead atoms. The van der Waals surface area contributed by atoms with Crippen LogP contribution in [0.3, 0.4) is 0 Å². The van der Waals surface area contributed by atoms with Crippen LogP contribution in [0.5, 0.6) is 0 Å². The average molecular weight is 247 g/mol. The predicted octanol–water partition coefficient (Wildman–Crippen LogP) is 2.80. The summed E-state index contributed by atoms with van der Waals surface area (Å²) in [5.41, 5.74) is 2.44. The van der Waals surface area contributed by atoms with E-state index in [-0.39, 0.29) is 43.6 Å². The highest BCUT2D eigenvalue weighted by Crippen LogP contribution is 2.36. The SMILES string of the molecule is O=C(NOC1CCCC1)C1CCC(F)(F)CC1. The summed E-state index contributed by atoms with van der Waals surface area (Å²) in [5, 5.41) is 0. The second-order valence-corrected chi connectivity index (χ2v) is 5.12. The van der Waals surface area contributed by atoms with Crippen molar-refractivity contribution in [2.45, 2.75) is 63.4 Å². The fraction of sp³-hybridized carbons (Fsp3) is 0.917. The summed E-state index contributed by atoms with van der Waals surface area (Å²) in [6.07, 6.45) is 4.48. The van der Waals surface area contributed by atoms with Crippen molar-refractivity contribution in [2.24, 2.45) is 5.92 Å². The predicted molar refractivity (Wildman–Crippen MR) is 58.4 cm³/mol. The zero-order valence-electron chi connectivity index (χ0n) is 9.88. The van der Waals surface area contributed by atoms with E-state index in [0.29, 0.717) is 0 Å². The summed E-state index contributed by atoms with van der Waals surface area (Å²) in [7, 11) is 0. The van der Waals surface area contributed by atoms with Crippen molar-refractivity contribution in [3.8, 4) is 0 Å². The van der Waals surface area contributed by atoms with Crippen molar-refractivity contribution in [3.63, 3.8) is 0 Å². The van der Waals surface area contributed by atoms with Crippen molar-refractivity contribution in [1.29, 1.82) is 0 Å². The van der Waals surface area contributed by atoms with E-state index in [4.69, 9.17) is 4.84 Å². The van der Waals surface area contributed by atoms with E-state index in [9.17, 15) is 13.6 Å². The molecular formula is C12H19F2NO2. The van der Waals surface area contributed by atoms with Crippen LogP contribution in [0.2, 0.25) is 0 Å². The topological polar surface area (TPSA) is 38.3 Å². The van der Waals surface area contributed by atoms with Crippen LogP contribution in [0.4, 0.5) is 8.78 Å². The van der Waals surface area contributed by atoms with E-state index in [1.54, 1.807) is 0 Å². The van der Waals surface area contributed by atoms with Gasteiger partial charge in [-0.1, -0.05) is 12.8 Å². The van der Waals surface area contributed by atoms with E-state index in [1.165, 1.54) is 0 Å². The Morgan fingerprint density at radius 3 is 2.29 bits per heavy atom. The molecule has 2 rings (SSSR count). The monoisotopic (exact) mass is 247 g/mol. The Morgan fingerprint density at radius 2 is 1.71 bits per heavy atom. The van der Waals surface area contributed by atoms with Crippen molar-refractivity contribution in [3.05, 3.63) is 0 Å². The van der Waals surface area contributed by atoms with Crippen LogP contribution in [0.1, 0.15) is 51.4 Å². The van der Waals surface area contributed by atoms with E-state index >= 15 is 0 Å². The molecule has 0 saturated heterocycles. The molecule has 98 valence electrons. The molecule has 3 nitrogen and oxygen atoms in total. The van der Waals surface area contributed by atoms with Crippen LogP contribution in [0, 0.1) is 5.92 Å². The fourth-order valence-electron chi connectivity index (χ4n) is 2.53. The van der Waals surface area contributed by atoms with Crippen molar-refractivity contribution < 1.29 is 18.4 Å². The summed E-state index contributed by atoms with van der Waals surface area (Å²) in [5.74, 6) is -3.12. The number of amides is 1. The van der Waals surface area contributed by atoms with E-state index in [0.717, 1.165) is 25.7 Å². The maximum Gasteiger partial charge on any atom is 0.248 e. The number of hydroxylamine groups is 1. The summed E-state index contributed by atoms with van der Waals surface area (Å²) in [4.78, 5) is 17.0. The largest absolute Gasteiger partial charge is 0.273 e. The van der Waals surface area contributed by atoms with E-state index < -0.39 is 5.92 Å². The van der Waals surface area contributed by atoms with Gasteiger partial charge in [0.25, 0.3) is 0 Å². The highest BCUT2D eigenvalue weighted by molar-refractivity contribution is 5.77. The molecule has 0 spiro atoms. The van der Waals surface area contributed by atoms with Crippen LogP contribution in [0.25, 0.3) is 0 Å². The average Bonchev–Trinajstić information content (AvgIpc) is 2.78. The Hall–Kier alpha value is -0.710. The second-order valence-electron chi connectivity index (χ2n) is 5.12. The van der Waals surface area contributed by atoms with Crippen molar-refractivity contribution in [2.75, 3.05) is 0 Å². The first-order valence-corrected chi connectivity index (χ1v) is 6.40. The molecule has 17 heavy (non-hydrogen) atoms. The van der Waals surface area contributed by atoms with Gasteiger partial charge in [-0.3, -0.25) is 9.63 Å². The molecule has 0 aliphatic heterocycles. The van der Waals surface area contributed by atoms with Gasteiger partial charge in [0.15, 0.2) is 0 Å². The highest BCUT2D eigenvalue weighted by atomic mass is 19.3. The van der Waals surface area contributed by atoms with Crippen molar-refractivity contribution >= 4 is 5.91 Å². The van der Waals surface area contributed by atoms with Gasteiger partial charge in [0.2, 0.25) is 11.8 Å². The summed E-state index contributed by atoms with van der Waals surface area (Å²) >= 11 is 0.